The van der Waals surface area contributed by atoms with Crippen molar-refractivity contribution in [2.24, 2.45) is 5.92 Å². The fraction of sp³-hybridized carbons (Fsp3) is 0.333. The van der Waals surface area contributed by atoms with Crippen LogP contribution >= 0.6 is 0 Å². The Hall–Kier alpha value is -3.48. The molecule has 0 N–H and O–H groups in total. The first-order chi connectivity index (χ1) is 14.9. The van der Waals surface area contributed by atoms with Crippen LogP contribution in [0.1, 0.15) is 43.9 Å². The molecule has 0 spiro atoms. The number of nitro groups is 1. The molecule has 0 bridgehead atoms. The predicted molar refractivity (Wildman–Crippen MR) is 116 cm³/mol. The van der Waals surface area contributed by atoms with Gasteiger partial charge in [-0.2, -0.15) is 0 Å². The Labute approximate surface area is 181 Å². The van der Waals surface area contributed by atoms with Crippen molar-refractivity contribution in [1.82, 2.24) is 4.90 Å². The smallest absolute Gasteiger partial charge is 0.329 e. The van der Waals surface area contributed by atoms with Crippen molar-refractivity contribution in [3.8, 4) is 0 Å². The molecule has 0 radical (unpaired) electrons. The molecule has 7 nitrogen and oxygen atoms in total. The molecule has 1 heterocycles. The van der Waals surface area contributed by atoms with E-state index < -0.39 is 17.0 Å². The van der Waals surface area contributed by atoms with Crippen molar-refractivity contribution >= 4 is 17.4 Å². The van der Waals surface area contributed by atoms with E-state index in [9.17, 15) is 19.7 Å². The Morgan fingerprint density at radius 1 is 1.19 bits per heavy atom. The molecule has 1 unspecified atom stereocenters. The summed E-state index contributed by atoms with van der Waals surface area (Å²) in [5, 5.41) is 11.0. The molecule has 1 aliphatic rings. The van der Waals surface area contributed by atoms with Gasteiger partial charge in [-0.15, -0.1) is 0 Å². The second-order valence-corrected chi connectivity index (χ2v) is 7.72. The number of hydrogen-bond acceptors (Lipinski definition) is 6. The van der Waals surface area contributed by atoms with Crippen LogP contribution in [0.15, 0.2) is 66.9 Å². The van der Waals surface area contributed by atoms with Crippen molar-refractivity contribution < 1.29 is 19.2 Å². The van der Waals surface area contributed by atoms with Gasteiger partial charge in [0.05, 0.1) is 11.0 Å². The van der Waals surface area contributed by atoms with Gasteiger partial charge in [-0.25, -0.2) is 4.79 Å². The average molecular weight is 422 g/mol. The number of ketones is 1. The van der Waals surface area contributed by atoms with Gasteiger partial charge in [0.15, 0.2) is 5.78 Å². The highest BCUT2D eigenvalue weighted by molar-refractivity contribution is 5.91. The molecule has 7 heteroatoms. The van der Waals surface area contributed by atoms with E-state index in [1.54, 1.807) is 18.3 Å². The van der Waals surface area contributed by atoms with Crippen LogP contribution in [0.3, 0.4) is 0 Å². The maximum Gasteiger partial charge on any atom is 0.329 e. The second kappa shape index (κ2) is 10.0. The van der Waals surface area contributed by atoms with Gasteiger partial charge in [-0.1, -0.05) is 62.7 Å². The lowest BCUT2D eigenvalue weighted by atomic mass is 9.90. The molecule has 0 amide bonds. The topological polar surface area (TPSA) is 89.8 Å². The minimum absolute atomic E-state index is 0.0197. The standard InChI is InChI=1S/C24H26N2O5/c1-3-17(2)23(24(28)31-16-18-7-5-4-6-8-18)25-14-13-21(27)15-22(25)19-9-11-20(12-10-19)26(29)30/h4-14,17,22-23H,3,15-16H2,1-2H3/t17?,22-,23-/m1/s1. The number of allylic oxidation sites excluding steroid dienone is 1. The SMILES string of the molecule is CCC(C)[C@H](C(=O)OCc1ccccc1)N1C=CC(=O)C[C@@H]1c1ccc([N+](=O)[O-])cc1. The van der Waals surface area contributed by atoms with Gasteiger partial charge in [0.25, 0.3) is 5.69 Å². The third-order valence-electron chi connectivity index (χ3n) is 5.65. The van der Waals surface area contributed by atoms with Crippen LogP contribution in [0.2, 0.25) is 0 Å². The van der Waals surface area contributed by atoms with Gasteiger partial charge in [0, 0.05) is 24.8 Å². The van der Waals surface area contributed by atoms with Crippen molar-refractivity contribution in [2.75, 3.05) is 0 Å². The first kappa shape index (κ1) is 22.2. The van der Waals surface area contributed by atoms with Gasteiger partial charge < -0.3 is 9.64 Å². The van der Waals surface area contributed by atoms with E-state index in [2.05, 4.69) is 0 Å². The lowest BCUT2D eigenvalue weighted by Crippen LogP contribution is -2.46. The van der Waals surface area contributed by atoms with Gasteiger partial charge in [0.1, 0.15) is 12.6 Å². The van der Waals surface area contributed by atoms with Crippen LogP contribution in [0.4, 0.5) is 5.69 Å². The number of rotatable bonds is 8. The van der Waals surface area contributed by atoms with Gasteiger partial charge in [0.2, 0.25) is 0 Å². The van der Waals surface area contributed by atoms with Crippen LogP contribution in [0, 0.1) is 16.0 Å². The predicted octanol–water partition coefficient (Wildman–Crippen LogP) is 4.58. The van der Waals surface area contributed by atoms with E-state index in [4.69, 9.17) is 4.74 Å². The van der Waals surface area contributed by atoms with Crippen molar-refractivity contribution in [2.45, 2.75) is 45.4 Å². The summed E-state index contributed by atoms with van der Waals surface area (Å²) in [6.45, 7) is 4.15. The number of benzene rings is 2. The van der Waals surface area contributed by atoms with E-state index in [1.807, 2.05) is 49.1 Å². The zero-order valence-corrected chi connectivity index (χ0v) is 17.6. The van der Waals surface area contributed by atoms with E-state index in [1.165, 1.54) is 18.2 Å². The fourth-order valence-electron chi connectivity index (χ4n) is 3.72. The Kier molecular flexibility index (Phi) is 7.18. The molecule has 3 atom stereocenters. The van der Waals surface area contributed by atoms with Gasteiger partial charge >= 0.3 is 5.97 Å². The second-order valence-electron chi connectivity index (χ2n) is 7.72. The molecule has 0 saturated heterocycles. The molecular formula is C24H26N2O5. The number of nitro benzene ring substituents is 1. The molecule has 0 aliphatic carbocycles. The summed E-state index contributed by atoms with van der Waals surface area (Å²) in [4.78, 5) is 37.7. The van der Waals surface area contributed by atoms with Crippen molar-refractivity contribution in [1.29, 1.82) is 0 Å². The summed E-state index contributed by atoms with van der Waals surface area (Å²) >= 11 is 0. The van der Waals surface area contributed by atoms with Crippen LogP contribution < -0.4 is 0 Å². The summed E-state index contributed by atoms with van der Waals surface area (Å²) in [5.74, 6) is -0.439. The number of hydrogen-bond donors (Lipinski definition) is 0. The first-order valence-electron chi connectivity index (χ1n) is 10.3. The number of esters is 1. The molecule has 3 rings (SSSR count). The van der Waals surface area contributed by atoms with E-state index in [-0.39, 0.29) is 36.4 Å². The molecular weight excluding hydrogens is 396 g/mol. The third-order valence-corrected chi connectivity index (χ3v) is 5.65. The Balaban J connectivity index is 1.87. The minimum Gasteiger partial charge on any atom is -0.459 e. The molecule has 0 aromatic heterocycles. The molecule has 0 saturated carbocycles. The average Bonchev–Trinajstić information content (AvgIpc) is 2.79. The molecule has 1 aliphatic heterocycles. The fourth-order valence-corrected chi connectivity index (χ4v) is 3.72. The zero-order chi connectivity index (χ0) is 22.4. The summed E-state index contributed by atoms with van der Waals surface area (Å²) in [6, 6.07) is 14.6. The van der Waals surface area contributed by atoms with Gasteiger partial charge in [-0.05, 0) is 23.1 Å². The number of non-ortho nitro benzene ring substituents is 1. The Morgan fingerprint density at radius 3 is 2.48 bits per heavy atom. The maximum atomic E-state index is 13.1. The van der Waals surface area contributed by atoms with Gasteiger partial charge in [-0.3, -0.25) is 14.9 Å². The third kappa shape index (κ3) is 5.36. The summed E-state index contributed by atoms with van der Waals surface area (Å²) < 4.78 is 5.64. The van der Waals surface area contributed by atoms with Crippen LogP contribution in [0.5, 0.6) is 0 Å². The molecule has 2 aromatic carbocycles. The van der Waals surface area contributed by atoms with Crippen molar-refractivity contribution in [3.63, 3.8) is 0 Å². The molecule has 2 aromatic rings. The summed E-state index contributed by atoms with van der Waals surface area (Å²) in [6.07, 6.45) is 4.06. The molecule has 162 valence electrons. The number of ether oxygens (including phenoxy) is 1. The number of nitrogens with zero attached hydrogens (tertiary/aromatic N) is 2. The highest BCUT2D eigenvalue weighted by atomic mass is 16.6. The van der Waals surface area contributed by atoms with Crippen LogP contribution in [-0.4, -0.2) is 27.6 Å². The lowest BCUT2D eigenvalue weighted by Gasteiger charge is -2.40. The monoisotopic (exact) mass is 422 g/mol. The summed E-state index contributed by atoms with van der Waals surface area (Å²) in [5.41, 5.74) is 1.62. The zero-order valence-electron chi connectivity index (χ0n) is 17.6. The van der Waals surface area contributed by atoms with E-state index in [0.29, 0.717) is 0 Å². The number of carbonyl (C=O) groups is 2. The molecule has 31 heavy (non-hydrogen) atoms. The Bertz CT molecular complexity index is 956. The highest BCUT2D eigenvalue weighted by Gasteiger charge is 2.37. The lowest BCUT2D eigenvalue weighted by molar-refractivity contribution is -0.384. The Morgan fingerprint density at radius 2 is 1.87 bits per heavy atom. The summed E-state index contributed by atoms with van der Waals surface area (Å²) in [7, 11) is 0. The largest absolute Gasteiger partial charge is 0.459 e. The van der Waals surface area contributed by atoms with E-state index >= 15 is 0 Å². The van der Waals surface area contributed by atoms with Crippen LogP contribution in [-0.2, 0) is 20.9 Å². The molecule has 0 fully saturated rings. The van der Waals surface area contributed by atoms with E-state index in [0.717, 1.165) is 17.5 Å². The van der Waals surface area contributed by atoms with Crippen molar-refractivity contribution in [3.05, 3.63) is 88.1 Å². The quantitative estimate of drug-likeness (QED) is 0.351. The minimum atomic E-state index is -0.585. The van der Waals surface area contributed by atoms with Crippen LogP contribution in [0.25, 0.3) is 0 Å². The first-order valence-corrected chi connectivity index (χ1v) is 10.3. The number of carbonyl (C=O) groups excluding carboxylic acids is 2. The highest BCUT2D eigenvalue weighted by Crippen LogP contribution is 2.34. The maximum absolute atomic E-state index is 13.1. The normalized spacial score (nSPS) is 17.8.